The predicted molar refractivity (Wildman–Crippen MR) is 112 cm³/mol. The average Bonchev–Trinajstić information content (AvgIpc) is 3.20. The number of ether oxygens (including phenoxy) is 2. The quantitative estimate of drug-likeness (QED) is 0.814. The number of aromatic nitrogens is 2. The van der Waals surface area contributed by atoms with Gasteiger partial charge >= 0.3 is 0 Å². The number of benzene rings is 1. The Kier molecular flexibility index (Phi) is 5.35. The molecule has 2 atom stereocenters. The first-order valence-corrected chi connectivity index (χ1v) is 10.8. The average molecular weight is 412 g/mol. The molecule has 1 aromatic heterocycles. The van der Waals surface area contributed by atoms with Gasteiger partial charge < -0.3 is 19.5 Å². The summed E-state index contributed by atoms with van der Waals surface area (Å²) in [5.74, 6) is 1.66. The molecular formula is C22H28N4O4. The normalized spacial score (nSPS) is 24.2. The van der Waals surface area contributed by atoms with Crippen molar-refractivity contribution in [2.75, 3.05) is 44.3 Å². The molecule has 0 amide bonds. The molecular weight excluding hydrogens is 384 g/mol. The van der Waals surface area contributed by atoms with Crippen LogP contribution < -0.4 is 19.9 Å². The second kappa shape index (κ2) is 8.28. The molecule has 1 aromatic carbocycles. The summed E-state index contributed by atoms with van der Waals surface area (Å²) >= 11 is 0. The number of para-hydroxylation sites is 1. The Morgan fingerprint density at radius 2 is 2.03 bits per heavy atom. The highest BCUT2D eigenvalue weighted by Gasteiger charge is 2.26. The van der Waals surface area contributed by atoms with Crippen molar-refractivity contribution in [1.29, 1.82) is 0 Å². The van der Waals surface area contributed by atoms with Gasteiger partial charge in [0.25, 0.3) is 5.56 Å². The van der Waals surface area contributed by atoms with Crippen molar-refractivity contribution >= 4 is 5.69 Å². The number of fused-ring (bicyclic) bond motifs is 1. The lowest BCUT2D eigenvalue weighted by Gasteiger charge is -2.33. The molecule has 0 bridgehead atoms. The summed E-state index contributed by atoms with van der Waals surface area (Å²) in [5.41, 5.74) is 1.85. The molecule has 2 aromatic rings. The van der Waals surface area contributed by atoms with Gasteiger partial charge in [0.05, 0.1) is 24.0 Å². The van der Waals surface area contributed by atoms with Crippen molar-refractivity contribution in [3.05, 3.63) is 46.4 Å². The monoisotopic (exact) mass is 412 g/mol. The van der Waals surface area contributed by atoms with E-state index in [0.717, 1.165) is 68.2 Å². The van der Waals surface area contributed by atoms with Gasteiger partial charge in [-0.15, -0.1) is 0 Å². The first kappa shape index (κ1) is 19.4. The van der Waals surface area contributed by atoms with E-state index in [4.69, 9.17) is 9.47 Å². The van der Waals surface area contributed by atoms with Crippen LogP contribution in [-0.4, -0.2) is 65.3 Å². The highest BCUT2D eigenvalue weighted by molar-refractivity contribution is 5.47. The number of β-amino-alcohol motifs (C(OH)–C–C–N with tert-alkyl or cyclic N) is 1. The van der Waals surface area contributed by atoms with Gasteiger partial charge in [0, 0.05) is 37.8 Å². The molecule has 30 heavy (non-hydrogen) atoms. The molecule has 0 radical (unpaired) electrons. The molecule has 5 rings (SSSR count). The minimum Gasteiger partial charge on any atom is -0.486 e. The number of aliphatic hydroxyl groups excluding tert-OH is 1. The van der Waals surface area contributed by atoms with Crippen LogP contribution in [0, 0.1) is 0 Å². The third-order valence-electron chi connectivity index (χ3n) is 6.21. The van der Waals surface area contributed by atoms with Crippen LogP contribution in [-0.2, 0) is 6.54 Å². The zero-order valence-corrected chi connectivity index (χ0v) is 17.1. The number of nitrogens with zero attached hydrogens (tertiary/aromatic N) is 4. The Hall–Kier alpha value is -2.58. The van der Waals surface area contributed by atoms with Crippen LogP contribution in [0.5, 0.6) is 11.5 Å². The molecule has 2 saturated heterocycles. The van der Waals surface area contributed by atoms with E-state index in [1.54, 1.807) is 16.9 Å². The largest absolute Gasteiger partial charge is 0.486 e. The van der Waals surface area contributed by atoms with Gasteiger partial charge in [0.15, 0.2) is 11.5 Å². The fraction of sp³-hybridized carbons (Fsp3) is 0.545. The van der Waals surface area contributed by atoms with Gasteiger partial charge in [-0.3, -0.25) is 9.69 Å². The van der Waals surface area contributed by atoms with Gasteiger partial charge in [-0.25, -0.2) is 4.68 Å². The van der Waals surface area contributed by atoms with Crippen LogP contribution in [0.15, 0.2) is 35.3 Å². The molecule has 160 valence electrons. The zero-order valence-electron chi connectivity index (χ0n) is 17.1. The summed E-state index contributed by atoms with van der Waals surface area (Å²) in [7, 11) is 0. The number of anilines is 1. The molecule has 0 saturated carbocycles. The van der Waals surface area contributed by atoms with Gasteiger partial charge in [0.2, 0.25) is 0 Å². The Morgan fingerprint density at radius 1 is 1.13 bits per heavy atom. The highest BCUT2D eigenvalue weighted by Crippen LogP contribution is 2.35. The van der Waals surface area contributed by atoms with Crippen LogP contribution in [0.4, 0.5) is 5.69 Å². The second-order valence-corrected chi connectivity index (χ2v) is 8.36. The molecule has 0 spiro atoms. The van der Waals surface area contributed by atoms with E-state index < -0.39 is 0 Å². The van der Waals surface area contributed by atoms with Crippen molar-refractivity contribution in [2.45, 2.75) is 38.0 Å². The van der Waals surface area contributed by atoms with E-state index >= 15 is 0 Å². The topological polar surface area (TPSA) is 80.1 Å². The van der Waals surface area contributed by atoms with E-state index in [1.165, 1.54) is 0 Å². The number of hydrogen-bond acceptors (Lipinski definition) is 7. The Morgan fingerprint density at radius 3 is 2.87 bits per heavy atom. The number of piperidine rings is 1. The van der Waals surface area contributed by atoms with E-state index in [0.29, 0.717) is 19.8 Å². The molecule has 4 heterocycles. The van der Waals surface area contributed by atoms with Gasteiger partial charge in [-0.2, -0.15) is 5.10 Å². The Labute approximate surface area is 175 Å². The maximum atomic E-state index is 12.8. The van der Waals surface area contributed by atoms with Crippen LogP contribution >= 0.6 is 0 Å². The van der Waals surface area contributed by atoms with Gasteiger partial charge in [-0.05, 0) is 31.9 Å². The van der Waals surface area contributed by atoms with Crippen molar-refractivity contribution < 1.29 is 14.6 Å². The maximum Gasteiger partial charge on any atom is 0.269 e. The summed E-state index contributed by atoms with van der Waals surface area (Å²) in [6.07, 6.45) is 4.14. The van der Waals surface area contributed by atoms with E-state index in [2.05, 4.69) is 16.1 Å². The van der Waals surface area contributed by atoms with Crippen LogP contribution in [0.2, 0.25) is 0 Å². The number of aliphatic hydroxyl groups is 1. The molecule has 3 aliphatic rings. The fourth-order valence-corrected chi connectivity index (χ4v) is 4.71. The van der Waals surface area contributed by atoms with E-state index in [-0.39, 0.29) is 17.7 Å². The highest BCUT2D eigenvalue weighted by atomic mass is 16.6. The number of hydrogen-bond donors (Lipinski definition) is 1. The fourth-order valence-electron chi connectivity index (χ4n) is 4.71. The summed E-state index contributed by atoms with van der Waals surface area (Å²) in [4.78, 5) is 17.2. The molecule has 2 fully saturated rings. The van der Waals surface area contributed by atoms with E-state index in [9.17, 15) is 9.90 Å². The molecule has 1 N–H and O–H groups in total. The molecule has 3 aliphatic heterocycles. The molecule has 0 aliphatic carbocycles. The number of likely N-dealkylation sites (tertiary alicyclic amines) is 1. The summed E-state index contributed by atoms with van der Waals surface area (Å²) in [5, 5.41) is 14.2. The van der Waals surface area contributed by atoms with Crippen molar-refractivity contribution in [2.24, 2.45) is 0 Å². The van der Waals surface area contributed by atoms with Crippen molar-refractivity contribution in [3.8, 4) is 11.5 Å². The Bertz CT molecular complexity index is 962. The third-order valence-corrected chi connectivity index (χ3v) is 6.21. The molecule has 8 nitrogen and oxygen atoms in total. The standard InChI is InChI=1S/C22H28N4O4/c27-19-6-8-25(15-19)18-11-21(28)26(23-12-18)17-4-2-7-24(14-17)13-16-3-1-5-20-22(16)30-10-9-29-20/h1,3,5,11-12,17,19,27H,2,4,6-10,13-15H2/t17-,19-/m0/s1. The van der Waals surface area contributed by atoms with Crippen LogP contribution in [0.3, 0.4) is 0 Å². The third kappa shape index (κ3) is 3.89. The van der Waals surface area contributed by atoms with Crippen molar-refractivity contribution in [3.63, 3.8) is 0 Å². The Balaban J connectivity index is 1.30. The minimum atomic E-state index is -0.322. The maximum absolute atomic E-state index is 12.8. The smallest absolute Gasteiger partial charge is 0.269 e. The minimum absolute atomic E-state index is 0.0566. The SMILES string of the molecule is O=c1cc(N2CC[C@H](O)C2)cnn1[C@H]1CCCN(Cc2cccc3c2OCCO3)C1. The predicted octanol–water partition coefficient (Wildman–Crippen LogP) is 1.42. The van der Waals surface area contributed by atoms with E-state index in [1.807, 2.05) is 17.0 Å². The first-order valence-electron chi connectivity index (χ1n) is 10.8. The number of rotatable bonds is 4. The van der Waals surface area contributed by atoms with Crippen LogP contribution in [0.25, 0.3) is 0 Å². The van der Waals surface area contributed by atoms with Crippen LogP contribution in [0.1, 0.15) is 30.9 Å². The van der Waals surface area contributed by atoms with Crippen molar-refractivity contribution in [1.82, 2.24) is 14.7 Å². The lowest BCUT2D eigenvalue weighted by Crippen LogP contribution is -2.40. The summed E-state index contributed by atoms with van der Waals surface area (Å²) in [6.45, 7) is 5.02. The lowest BCUT2D eigenvalue weighted by molar-refractivity contribution is 0.148. The lowest BCUT2D eigenvalue weighted by atomic mass is 10.0. The summed E-state index contributed by atoms with van der Waals surface area (Å²) < 4.78 is 13.2. The first-order chi connectivity index (χ1) is 14.7. The molecule has 0 unspecified atom stereocenters. The van der Waals surface area contributed by atoms with Gasteiger partial charge in [-0.1, -0.05) is 12.1 Å². The molecule has 8 heteroatoms. The van der Waals surface area contributed by atoms with Gasteiger partial charge in [0.1, 0.15) is 13.2 Å². The zero-order chi connectivity index (χ0) is 20.5. The summed E-state index contributed by atoms with van der Waals surface area (Å²) in [6, 6.07) is 7.75. The second-order valence-electron chi connectivity index (χ2n) is 8.36.